The van der Waals surface area contributed by atoms with Crippen LogP contribution >= 0.6 is 0 Å². The number of carbonyl (C=O) groups excluding carboxylic acids is 1. The zero-order valence-corrected chi connectivity index (χ0v) is 15.2. The van der Waals surface area contributed by atoms with E-state index in [2.05, 4.69) is 15.5 Å². The minimum atomic E-state index is -0.255. The van der Waals surface area contributed by atoms with Crippen LogP contribution in [-0.4, -0.2) is 27.5 Å². The van der Waals surface area contributed by atoms with Gasteiger partial charge < -0.3 is 14.5 Å². The largest absolute Gasteiger partial charge is 0.494 e. The normalized spacial score (nSPS) is 11.2. The Bertz CT molecular complexity index is 1110. The van der Waals surface area contributed by atoms with Gasteiger partial charge in [0.15, 0.2) is 0 Å². The minimum Gasteiger partial charge on any atom is -0.494 e. The first-order chi connectivity index (χ1) is 13.7. The molecule has 0 radical (unpaired) electrons. The van der Waals surface area contributed by atoms with Gasteiger partial charge in [0.2, 0.25) is 5.91 Å². The molecule has 0 bridgehead atoms. The number of anilines is 1. The van der Waals surface area contributed by atoms with E-state index in [0.717, 1.165) is 17.0 Å². The maximum absolute atomic E-state index is 12.1. The van der Waals surface area contributed by atoms with Gasteiger partial charge in [-0.15, -0.1) is 10.2 Å². The fraction of sp³-hybridized carbons (Fsp3) is 0.0952. The van der Waals surface area contributed by atoms with Gasteiger partial charge in [0.1, 0.15) is 22.5 Å². The second-order valence-corrected chi connectivity index (χ2v) is 5.96. The molecule has 140 valence electrons. The lowest BCUT2D eigenvalue weighted by Gasteiger charge is -2.03. The highest BCUT2D eigenvalue weighted by Crippen LogP contribution is 2.19. The van der Waals surface area contributed by atoms with Gasteiger partial charge in [-0.3, -0.25) is 4.79 Å². The van der Waals surface area contributed by atoms with Gasteiger partial charge in [-0.25, -0.2) is 0 Å². The zero-order chi connectivity index (χ0) is 19.3. The van der Waals surface area contributed by atoms with E-state index in [9.17, 15) is 4.79 Å². The number of nitrogens with zero attached hydrogens (tertiary/aromatic N) is 3. The molecule has 0 aliphatic heterocycles. The molecule has 7 heteroatoms. The molecule has 1 amide bonds. The number of amides is 1. The summed E-state index contributed by atoms with van der Waals surface area (Å²) in [6.07, 6.45) is 4.58. The van der Waals surface area contributed by atoms with Crippen LogP contribution in [0.25, 0.3) is 22.8 Å². The zero-order valence-electron chi connectivity index (χ0n) is 15.2. The molecule has 0 saturated heterocycles. The van der Waals surface area contributed by atoms with Gasteiger partial charge in [0, 0.05) is 11.8 Å². The summed E-state index contributed by atoms with van der Waals surface area (Å²) < 4.78 is 10.6. The van der Waals surface area contributed by atoms with E-state index < -0.39 is 0 Å². The third-order valence-electron chi connectivity index (χ3n) is 3.97. The number of furan rings is 1. The Balaban J connectivity index is 1.50. The molecule has 0 aliphatic carbocycles. The van der Waals surface area contributed by atoms with E-state index in [0.29, 0.717) is 23.6 Å². The molecule has 0 fully saturated rings. The highest BCUT2D eigenvalue weighted by Gasteiger charge is 2.07. The predicted octanol–water partition coefficient (Wildman–Crippen LogP) is 4.06. The SMILES string of the molecule is CCOc1ccc(-n2nc3ccc(NC(=O)C=Cc4ccco4)cc3n2)cc1. The molecule has 0 saturated carbocycles. The summed E-state index contributed by atoms with van der Waals surface area (Å²) >= 11 is 0. The Morgan fingerprint density at radius 1 is 1.14 bits per heavy atom. The number of rotatable bonds is 6. The van der Waals surface area contributed by atoms with Crippen molar-refractivity contribution in [3.8, 4) is 11.4 Å². The highest BCUT2D eigenvalue weighted by molar-refractivity contribution is 6.02. The quantitative estimate of drug-likeness (QED) is 0.515. The number of hydrogen-bond acceptors (Lipinski definition) is 5. The van der Waals surface area contributed by atoms with Crippen LogP contribution in [0, 0.1) is 0 Å². The van der Waals surface area contributed by atoms with E-state index in [4.69, 9.17) is 9.15 Å². The molecule has 2 aromatic carbocycles. The van der Waals surface area contributed by atoms with E-state index in [1.165, 1.54) is 6.08 Å². The van der Waals surface area contributed by atoms with Gasteiger partial charge in [-0.1, -0.05) is 0 Å². The number of hydrogen-bond donors (Lipinski definition) is 1. The second kappa shape index (κ2) is 7.79. The van der Waals surface area contributed by atoms with Crippen molar-refractivity contribution in [1.29, 1.82) is 0 Å². The van der Waals surface area contributed by atoms with E-state index in [1.54, 1.807) is 41.4 Å². The maximum Gasteiger partial charge on any atom is 0.248 e. The Labute approximate surface area is 161 Å². The van der Waals surface area contributed by atoms with Gasteiger partial charge >= 0.3 is 0 Å². The summed E-state index contributed by atoms with van der Waals surface area (Å²) in [5, 5.41) is 11.8. The van der Waals surface area contributed by atoms with Gasteiger partial charge in [0.05, 0.1) is 18.6 Å². The van der Waals surface area contributed by atoms with E-state index >= 15 is 0 Å². The lowest BCUT2D eigenvalue weighted by atomic mass is 10.2. The predicted molar refractivity (Wildman–Crippen MR) is 106 cm³/mol. The first-order valence-electron chi connectivity index (χ1n) is 8.84. The van der Waals surface area contributed by atoms with Crippen LogP contribution in [0.15, 0.2) is 71.4 Å². The molecule has 0 unspecified atom stereocenters. The van der Waals surface area contributed by atoms with Crippen molar-refractivity contribution in [2.45, 2.75) is 6.92 Å². The molecule has 0 atom stereocenters. The molecule has 0 spiro atoms. The first-order valence-corrected chi connectivity index (χ1v) is 8.84. The average Bonchev–Trinajstić information content (AvgIpc) is 3.36. The summed E-state index contributed by atoms with van der Waals surface area (Å²) in [7, 11) is 0. The molecule has 28 heavy (non-hydrogen) atoms. The number of carbonyl (C=O) groups is 1. The standard InChI is InChI=1S/C21H18N4O3/c1-2-27-18-8-6-16(7-9-18)25-23-19-11-5-15(14-20(19)24-25)22-21(26)12-10-17-4-3-13-28-17/h3-14H,2H2,1H3,(H,22,26). The van der Waals surface area contributed by atoms with Crippen molar-refractivity contribution >= 4 is 28.7 Å². The first kappa shape index (κ1) is 17.5. The third kappa shape index (κ3) is 3.93. The number of nitrogens with one attached hydrogen (secondary N) is 1. The smallest absolute Gasteiger partial charge is 0.248 e. The van der Waals surface area contributed by atoms with Crippen LogP contribution in [0.2, 0.25) is 0 Å². The number of aromatic nitrogens is 3. The van der Waals surface area contributed by atoms with Crippen LogP contribution in [0.1, 0.15) is 12.7 Å². The molecular formula is C21H18N4O3. The number of fused-ring (bicyclic) bond motifs is 1. The summed E-state index contributed by atoms with van der Waals surface area (Å²) in [4.78, 5) is 13.6. The summed E-state index contributed by atoms with van der Waals surface area (Å²) in [6.45, 7) is 2.56. The molecule has 4 aromatic rings. The van der Waals surface area contributed by atoms with Gasteiger partial charge in [-0.2, -0.15) is 4.80 Å². The van der Waals surface area contributed by atoms with E-state index in [-0.39, 0.29) is 5.91 Å². The Morgan fingerprint density at radius 3 is 2.71 bits per heavy atom. The fourth-order valence-corrected chi connectivity index (χ4v) is 2.68. The molecule has 4 rings (SSSR count). The van der Waals surface area contributed by atoms with Crippen LogP contribution in [0.4, 0.5) is 5.69 Å². The van der Waals surface area contributed by atoms with Crippen molar-refractivity contribution in [2.24, 2.45) is 0 Å². The number of ether oxygens (including phenoxy) is 1. The maximum atomic E-state index is 12.1. The van der Waals surface area contributed by atoms with Crippen molar-refractivity contribution in [3.63, 3.8) is 0 Å². The lowest BCUT2D eigenvalue weighted by Crippen LogP contribution is -2.07. The second-order valence-electron chi connectivity index (χ2n) is 5.96. The number of benzene rings is 2. The van der Waals surface area contributed by atoms with E-state index in [1.807, 2.05) is 37.3 Å². The molecule has 7 nitrogen and oxygen atoms in total. The summed E-state index contributed by atoms with van der Waals surface area (Å²) in [6, 6.07) is 16.5. The molecule has 0 aliphatic rings. The topological polar surface area (TPSA) is 82.2 Å². The average molecular weight is 374 g/mol. The molecule has 1 N–H and O–H groups in total. The van der Waals surface area contributed by atoms with Crippen molar-refractivity contribution < 1.29 is 13.9 Å². The van der Waals surface area contributed by atoms with Crippen molar-refractivity contribution in [2.75, 3.05) is 11.9 Å². The summed E-state index contributed by atoms with van der Waals surface area (Å²) in [5.41, 5.74) is 2.88. The highest BCUT2D eigenvalue weighted by atomic mass is 16.5. The molecule has 2 aromatic heterocycles. The third-order valence-corrected chi connectivity index (χ3v) is 3.97. The van der Waals surface area contributed by atoms with Crippen LogP contribution < -0.4 is 10.1 Å². The van der Waals surface area contributed by atoms with Crippen molar-refractivity contribution in [1.82, 2.24) is 15.0 Å². The fourth-order valence-electron chi connectivity index (χ4n) is 2.68. The van der Waals surface area contributed by atoms with Gasteiger partial charge in [0.25, 0.3) is 0 Å². The van der Waals surface area contributed by atoms with Crippen LogP contribution in [-0.2, 0) is 4.79 Å². The Kier molecular flexibility index (Phi) is 4.88. The summed E-state index contributed by atoms with van der Waals surface area (Å²) in [5.74, 6) is 1.16. The molecular weight excluding hydrogens is 356 g/mol. The van der Waals surface area contributed by atoms with Gasteiger partial charge in [-0.05, 0) is 67.6 Å². The Morgan fingerprint density at radius 2 is 1.96 bits per heavy atom. The minimum absolute atomic E-state index is 0.255. The lowest BCUT2D eigenvalue weighted by molar-refractivity contribution is -0.111. The van der Waals surface area contributed by atoms with Crippen molar-refractivity contribution in [3.05, 3.63) is 72.7 Å². The monoisotopic (exact) mass is 374 g/mol. The van der Waals surface area contributed by atoms with Crippen LogP contribution in [0.5, 0.6) is 5.75 Å². The Hall–Kier alpha value is -3.87. The molecule has 2 heterocycles. The van der Waals surface area contributed by atoms with Crippen LogP contribution in [0.3, 0.4) is 0 Å².